The van der Waals surface area contributed by atoms with Crippen LogP contribution in [-0.4, -0.2) is 39.8 Å². The lowest BCUT2D eigenvalue weighted by atomic mass is 9.96. The van der Waals surface area contributed by atoms with E-state index in [1.54, 1.807) is 20.8 Å². The van der Waals surface area contributed by atoms with E-state index in [4.69, 9.17) is 4.74 Å². The predicted molar refractivity (Wildman–Crippen MR) is 91.9 cm³/mol. The summed E-state index contributed by atoms with van der Waals surface area (Å²) >= 11 is 0. The maximum Gasteiger partial charge on any atom is 0.411 e. The number of carboxylic acids is 1. The predicted octanol–water partition coefficient (Wildman–Crippen LogP) is 3.94. The number of rotatable bonds is 4. The lowest BCUT2D eigenvalue weighted by molar-refractivity contribution is -0.144. The maximum atomic E-state index is 14.4. The summed E-state index contributed by atoms with van der Waals surface area (Å²) in [6.45, 7) is 5.07. The number of aryl methyl sites for hydroxylation is 1. The van der Waals surface area contributed by atoms with Crippen molar-refractivity contribution in [3.63, 3.8) is 0 Å². The van der Waals surface area contributed by atoms with Crippen molar-refractivity contribution < 1.29 is 23.8 Å². The van der Waals surface area contributed by atoms with E-state index in [1.165, 1.54) is 6.08 Å². The molecule has 0 radical (unpaired) electrons. The number of ether oxygens (including phenoxy) is 1. The van der Waals surface area contributed by atoms with Crippen LogP contribution in [0.15, 0.2) is 42.2 Å². The van der Waals surface area contributed by atoms with Crippen LogP contribution in [0.3, 0.4) is 0 Å². The molecule has 5 nitrogen and oxygen atoms in total. The van der Waals surface area contributed by atoms with E-state index in [0.29, 0.717) is 6.42 Å². The van der Waals surface area contributed by atoms with Crippen LogP contribution in [0.25, 0.3) is 0 Å². The average molecular weight is 349 g/mol. The standard InChI is InChI=1S/C19H24FNO4/c1-19(2,3)25-18(24)21-15(11-9-13-7-5-4-6-8-13)14(20)10-12-16(21)17(22)23/h4-8,10,15-16H,9,11-12H2,1-3H3,(H,22,23). The number of carbonyl (C=O) groups is 2. The van der Waals surface area contributed by atoms with Crippen molar-refractivity contribution in [3.8, 4) is 0 Å². The van der Waals surface area contributed by atoms with Crippen molar-refractivity contribution in [2.24, 2.45) is 0 Å². The van der Waals surface area contributed by atoms with E-state index in [0.717, 1.165) is 10.5 Å². The van der Waals surface area contributed by atoms with Crippen molar-refractivity contribution in [1.82, 2.24) is 4.90 Å². The topological polar surface area (TPSA) is 66.8 Å². The first-order valence-corrected chi connectivity index (χ1v) is 8.32. The van der Waals surface area contributed by atoms with Crippen LogP contribution in [0.5, 0.6) is 0 Å². The third kappa shape index (κ3) is 5.05. The Kier molecular flexibility index (Phi) is 5.82. The van der Waals surface area contributed by atoms with Crippen LogP contribution in [0.4, 0.5) is 9.18 Å². The van der Waals surface area contributed by atoms with Gasteiger partial charge in [0.2, 0.25) is 0 Å². The van der Waals surface area contributed by atoms with Crippen LogP contribution in [-0.2, 0) is 16.0 Å². The fourth-order valence-electron chi connectivity index (χ4n) is 2.84. The quantitative estimate of drug-likeness (QED) is 0.894. The van der Waals surface area contributed by atoms with Gasteiger partial charge in [0, 0.05) is 0 Å². The van der Waals surface area contributed by atoms with Gasteiger partial charge in [-0.1, -0.05) is 30.3 Å². The summed E-state index contributed by atoms with van der Waals surface area (Å²) in [5.74, 6) is -1.65. The zero-order chi connectivity index (χ0) is 18.6. The van der Waals surface area contributed by atoms with Gasteiger partial charge in [0.25, 0.3) is 0 Å². The molecule has 0 spiro atoms. The highest BCUT2D eigenvalue weighted by Crippen LogP contribution is 2.29. The molecule has 0 aliphatic carbocycles. The molecule has 2 atom stereocenters. The van der Waals surface area contributed by atoms with Gasteiger partial charge in [0.1, 0.15) is 17.5 Å². The Hall–Kier alpha value is -2.37. The van der Waals surface area contributed by atoms with Gasteiger partial charge in [-0.2, -0.15) is 0 Å². The fraction of sp³-hybridized carbons (Fsp3) is 0.474. The molecular formula is C19H24FNO4. The first-order chi connectivity index (χ1) is 11.7. The van der Waals surface area contributed by atoms with E-state index in [9.17, 15) is 19.1 Å². The van der Waals surface area contributed by atoms with E-state index >= 15 is 0 Å². The summed E-state index contributed by atoms with van der Waals surface area (Å²) in [5, 5.41) is 9.44. The second-order valence-electron chi connectivity index (χ2n) is 7.11. The minimum Gasteiger partial charge on any atom is -0.480 e. The number of aliphatic carboxylic acids is 1. The van der Waals surface area contributed by atoms with Crippen LogP contribution in [0.1, 0.15) is 39.2 Å². The molecule has 1 aromatic carbocycles. The molecule has 0 aromatic heterocycles. The summed E-state index contributed by atoms with van der Waals surface area (Å²) in [4.78, 5) is 25.1. The Morgan fingerprint density at radius 2 is 1.92 bits per heavy atom. The highest BCUT2D eigenvalue weighted by molar-refractivity contribution is 5.81. The molecule has 2 rings (SSSR count). The molecule has 0 fully saturated rings. The summed E-state index contributed by atoms with van der Waals surface area (Å²) in [5.41, 5.74) is 0.207. The summed E-state index contributed by atoms with van der Waals surface area (Å²) in [6.07, 6.45) is 1.20. The number of hydrogen-bond donors (Lipinski definition) is 1. The number of nitrogens with zero attached hydrogens (tertiary/aromatic N) is 1. The Bertz CT molecular complexity index is 651. The third-order valence-corrected chi connectivity index (χ3v) is 3.96. The third-order valence-electron chi connectivity index (χ3n) is 3.96. The lowest BCUT2D eigenvalue weighted by Crippen LogP contribution is -2.54. The Balaban J connectivity index is 2.24. The highest BCUT2D eigenvalue weighted by atomic mass is 19.1. The Morgan fingerprint density at radius 3 is 2.48 bits per heavy atom. The normalized spacial score (nSPS) is 20.8. The van der Waals surface area contributed by atoms with Crippen molar-refractivity contribution in [3.05, 3.63) is 47.8 Å². The van der Waals surface area contributed by atoms with Crippen molar-refractivity contribution in [1.29, 1.82) is 0 Å². The van der Waals surface area contributed by atoms with E-state index in [-0.39, 0.29) is 12.8 Å². The first-order valence-electron chi connectivity index (χ1n) is 8.32. The van der Waals surface area contributed by atoms with Crippen molar-refractivity contribution in [2.45, 2.75) is 57.7 Å². The average Bonchev–Trinajstić information content (AvgIpc) is 2.52. The lowest BCUT2D eigenvalue weighted by Gasteiger charge is -2.38. The number of amides is 1. The first kappa shape index (κ1) is 19.0. The SMILES string of the molecule is CC(C)(C)OC(=O)N1C(C(=O)O)CC=C(F)C1CCc1ccccc1. The maximum absolute atomic E-state index is 14.4. The fourth-order valence-corrected chi connectivity index (χ4v) is 2.84. The molecule has 1 heterocycles. The second kappa shape index (κ2) is 7.68. The molecule has 1 aliphatic heterocycles. The monoisotopic (exact) mass is 349 g/mol. The molecule has 1 amide bonds. The van der Waals surface area contributed by atoms with Gasteiger partial charge in [0.15, 0.2) is 0 Å². The second-order valence-corrected chi connectivity index (χ2v) is 7.11. The minimum absolute atomic E-state index is 0.0672. The van der Waals surface area contributed by atoms with E-state index in [2.05, 4.69) is 0 Å². The summed E-state index contributed by atoms with van der Waals surface area (Å²) < 4.78 is 19.8. The molecule has 1 N–H and O–H groups in total. The van der Waals surface area contributed by atoms with E-state index < -0.39 is 35.6 Å². The van der Waals surface area contributed by atoms with Crippen LogP contribution < -0.4 is 0 Å². The van der Waals surface area contributed by atoms with Crippen LogP contribution in [0, 0.1) is 0 Å². The number of benzene rings is 1. The smallest absolute Gasteiger partial charge is 0.411 e. The minimum atomic E-state index is -1.17. The van der Waals surface area contributed by atoms with Crippen LogP contribution in [0.2, 0.25) is 0 Å². The highest BCUT2D eigenvalue weighted by Gasteiger charge is 2.41. The molecule has 0 bridgehead atoms. The molecule has 25 heavy (non-hydrogen) atoms. The van der Waals surface area contributed by atoms with Gasteiger partial charge in [-0.15, -0.1) is 0 Å². The summed E-state index contributed by atoms with van der Waals surface area (Å²) in [7, 11) is 0. The Labute approximate surface area is 147 Å². The molecule has 1 aliphatic rings. The largest absolute Gasteiger partial charge is 0.480 e. The van der Waals surface area contributed by atoms with E-state index in [1.807, 2.05) is 30.3 Å². The van der Waals surface area contributed by atoms with Gasteiger partial charge in [-0.25, -0.2) is 14.0 Å². The zero-order valence-corrected chi connectivity index (χ0v) is 14.7. The van der Waals surface area contributed by atoms with Gasteiger partial charge < -0.3 is 9.84 Å². The molecule has 0 saturated heterocycles. The Morgan fingerprint density at radius 1 is 1.28 bits per heavy atom. The molecule has 136 valence electrons. The number of hydrogen-bond acceptors (Lipinski definition) is 3. The number of halogens is 1. The van der Waals surface area contributed by atoms with Gasteiger partial charge in [-0.05, 0) is 51.7 Å². The number of carboxylic acid groups (broad SMARTS) is 1. The number of carbonyl (C=O) groups excluding carboxylic acids is 1. The molecular weight excluding hydrogens is 325 g/mol. The summed E-state index contributed by atoms with van der Waals surface area (Å²) in [6, 6.07) is 7.41. The van der Waals surface area contributed by atoms with Gasteiger partial charge >= 0.3 is 12.1 Å². The molecule has 0 saturated carbocycles. The van der Waals surface area contributed by atoms with Gasteiger partial charge in [0.05, 0.1) is 6.04 Å². The zero-order valence-electron chi connectivity index (χ0n) is 14.7. The molecule has 2 unspecified atom stereocenters. The van der Waals surface area contributed by atoms with Gasteiger partial charge in [-0.3, -0.25) is 4.90 Å². The van der Waals surface area contributed by atoms with Crippen LogP contribution >= 0.6 is 0 Å². The molecule has 1 aromatic rings. The van der Waals surface area contributed by atoms with Crippen molar-refractivity contribution >= 4 is 12.1 Å². The van der Waals surface area contributed by atoms with Crippen molar-refractivity contribution in [2.75, 3.05) is 0 Å². The molecule has 6 heteroatoms.